The molecule has 1 atom stereocenters. The number of likely N-dealkylation sites (tertiary alicyclic amines) is 1. The molecule has 0 aromatic heterocycles. The highest BCUT2D eigenvalue weighted by atomic mass is 16.3. The van der Waals surface area contributed by atoms with Gasteiger partial charge in [0.15, 0.2) is 0 Å². The van der Waals surface area contributed by atoms with E-state index in [4.69, 9.17) is 0 Å². The van der Waals surface area contributed by atoms with E-state index in [1.54, 1.807) is 0 Å². The summed E-state index contributed by atoms with van der Waals surface area (Å²) in [5.41, 5.74) is 0. The minimum Gasteiger partial charge on any atom is -0.393 e. The predicted molar refractivity (Wildman–Crippen MR) is 60.8 cm³/mol. The fourth-order valence-electron chi connectivity index (χ4n) is 2.03. The summed E-state index contributed by atoms with van der Waals surface area (Å²) >= 11 is 0. The lowest BCUT2D eigenvalue weighted by atomic mass is 9.99. The second-order valence-electron chi connectivity index (χ2n) is 4.58. The molecule has 88 valence electrons. The Morgan fingerprint density at radius 3 is 2.60 bits per heavy atom. The Balaban J connectivity index is 2.17. The minimum absolute atomic E-state index is 0.101. The van der Waals surface area contributed by atoms with Gasteiger partial charge in [-0.1, -0.05) is 13.8 Å². The molecule has 1 unspecified atom stereocenters. The molecule has 1 rings (SSSR count). The third-order valence-corrected chi connectivity index (χ3v) is 3.33. The summed E-state index contributed by atoms with van der Waals surface area (Å²) in [7, 11) is 0. The van der Waals surface area contributed by atoms with Crippen molar-refractivity contribution in [3.05, 3.63) is 0 Å². The number of nitrogens with zero attached hydrogens (tertiary/aromatic N) is 1. The van der Waals surface area contributed by atoms with E-state index in [1.165, 1.54) is 0 Å². The first-order valence-corrected chi connectivity index (χ1v) is 6.06. The van der Waals surface area contributed by atoms with Crippen LogP contribution in [0.25, 0.3) is 0 Å². The Morgan fingerprint density at radius 1 is 1.47 bits per heavy atom. The summed E-state index contributed by atoms with van der Waals surface area (Å²) in [6, 6.07) is 0. The van der Waals surface area contributed by atoms with Crippen LogP contribution in [0.3, 0.4) is 0 Å². The molecule has 0 aromatic rings. The molecule has 1 aliphatic heterocycles. The molecule has 1 aliphatic rings. The highest BCUT2D eigenvalue weighted by Gasteiger charge is 2.18. The van der Waals surface area contributed by atoms with E-state index in [-0.39, 0.29) is 12.0 Å². The van der Waals surface area contributed by atoms with Gasteiger partial charge in [0.1, 0.15) is 5.78 Å². The topological polar surface area (TPSA) is 40.5 Å². The van der Waals surface area contributed by atoms with Crippen LogP contribution in [-0.4, -0.2) is 41.5 Å². The Morgan fingerprint density at radius 2 is 2.07 bits per heavy atom. The zero-order valence-electron chi connectivity index (χ0n) is 9.91. The van der Waals surface area contributed by atoms with Crippen LogP contribution < -0.4 is 0 Å². The summed E-state index contributed by atoms with van der Waals surface area (Å²) in [4.78, 5) is 13.7. The molecule has 0 radical (unpaired) electrons. The number of hydrogen-bond acceptors (Lipinski definition) is 3. The molecular formula is C12H23NO2. The summed E-state index contributed by atoms with van der Waals surface area (Å²) in [5.74, 6) is 0.564. The highest BCUT2D eigenvalue weighted by Crippen LogP contribution is 2.13. The van der Waals surface area contributed by atoms with Crippen molar-refractivity contribution in [3.8, 4) is 0 Å². The van der Waals surface area contributed by atoms with Crippen molar-refractivity contribution in [2.45, 2.75) is 45.6 Å². The van der Waals surface area contributed by atoms with Crippen molar-refractivity contribution in [1.82, 2.24) is 4.90 Å². The van der Waals surface area contributed by atoms with Gasteiger partial charge in [0, 0.05) is 25.4 Å². The van der Waals surface area contributed by atoms with Crippen LogP contribution in [0, 0.1) is 5.92 Å². The van der Waals surface area contributed by atoms with Crippen molar-refractivity contribution in [3.63, 3.8) is 0 Å². The van der Waals surface area contributed by atoms with Gasteiger partial charge in [0.25, 0.3) is 0 Å². The zero-order valence-corrected chi connectivity index (χ0v) is 9.91. The van der Waals surface area contributed by atoms with Crippen LogP contribution in [0.2, 0.25) is 0 Å². The third kappa shape index (κ3) is 4.31. The smallest absolute Gasteiger partial charge is 0.135 e. The van der Waals surface area contributed by atoms with Gasteiger partial charge in [0.05, 0.1) is 6.10 Å². The fourth-order valence-corrected chi connectivity index (χ4v) is 2.03. The maximum atomic E-state index is 11.4. The Bertz CT molecular complexity index is 198. The van der Waals surface area contributed by atoms with Gasteiger partial charge in [-0.25, -0.2) is 0 Å². The molecule has 1 N–H and O–H groups in total. The number of rotatable bonds is 5. The monoisotopic (exact) mass is 213 g/mol. The molecule has 1 fully saturated rings. The second kappa shape index (κ2) is 6.23. The number of carbonyl (C=O) groups excluding carboxylic acids is 1. The molecule has 15 heavy (non-hydrogen) atoms. The second-order valence-corrected chi connectivity index (χ2v) is 4.58. The Hall–Kier alpha value is -0.410. The normalized spacial score (nSPS) is 21.5. The van der Waals surface area contributed by atoms with Crippen LogP contribution in [0.15, 0.2) is 0 Å². The van der Waals surface area contributed by atoms with Crippen molar-refractivity contribution < 1.29 is 9.90 Å². The molecule has 3 nitrogen and oxygen atoms in total. The molecule has 1 saturated heterocycles. The molecule has 1 heterocycles. The van der Waals surface area contributed by atoms with Gasteiger partial charge in [-0.05, 0) is 25.8 Å². The van der Waals surface area contributed by atoms with E-state index >= 15 is 0 Å². The van der Waals surface area contributed by atoms with Crippen LogP contribution in [0.5, 0.6) is 0 Å². The van der Waals surface area contributed by atoms with E-state index in [0.717, 1.165) is 38.9 Å². The lowest BCUT2D eigenvalue weighted by Crippen LogP contribution is -2.37. The van der Waals surface area contributed by atoms with E-state index in [9.17, 15) is 9.90 Å². The van der Waals surface area contributed by atoms with Crippen LogP contribution in [0.1, 0.15) is 39.5 Å². The van der Waals surface area contributed by atoms with Gasteiger partial charge < -0.3 is 10.0 Å². The van der Waals surface area contributed by atoms with Crippen LogP contribution >= 0.6 is 0 Å². The van der Waals surface area contributed by atoms with Gasteiger partial charge in [-0.3, -0.25) is 4.79 Å². The molecule has 3 heteroatoms. The molecule has 0 spiro atoms. The average molecular weight is 213 g/mol. The number of aliphatic hydroxyl groups is 1. The first-order chi connectivity index (χ1) is 7.13. The highest BCUT2D eigenvalue weighted by molar-refractivity contribution is 5.80. The number of Topliss-reactive ketones (excluding diaryl/α,β-unsaturated/α-hetero) is 1. The van der Waals surface area contributed by atoms with E-state index in [1.807, 2.05) is 13.8 Å². The van der Waals surface area contributed by atoms with Crippen molar-refractivity contribution in [1.29, 1.82) is 0 Å². The lowest BCUT2D eigenvalue weighted by molar-refractivity contribution is -0.122. The van der Waals surface area contributed by atoms with E-state index in [0.29, 0.717) is 12.2 Å². The molecule has 0 amide bonds. The van der Waals surface area contributed by atoms with Crippen LogP contribution in [0.4, 0.5) is 0 Å². The molecule has 0 aliphatic carbocycles. The summed E-state index contributed by atoms with van der Waals surface area (Å²) in [6.45, 7) is 6.91. The standard InChI is InChI=1S/C12H23NO2/c1-3-12(15)10(2)4-7-13-8-5-11(14)6-9-13/h10-11,14H,3-9H2,1-2H3. The third-order valence-electron chi connectivity index (χ3n) is 3.33. The van der Waals surface area contributed by atoms with Crippen LogP contribution in [-0.2, 0) is 4.79 Å². The largest absolute Gasteiger partial charge is 0.393 e. The summed E-state index contributed by atoms with van der Waals surface area (Å²) < 4.78 is 0. The average Bonchev–Trinajstić information content (AvgIpc) is 2.26. The number of aliphatic hydroxyl groups excluding tert-OH is 1. The lowest BCUT2D eigenvalue weighted by Gasteiger charge is -2.30. The minimum atomic E-state index is -0.101. The molecular weight excluding hydrogens is 190 g/mol. The first kappa shape index (κ1) is 12.7. The molecule has 0 aromatic carbocycles. The van der Waals surface area contributed by atoms with Gasteiger partial charge in [-0.15, -0.1) is 0 Å². The molecule has 0 saturated carbocycles. The van der Waals surface area contributed by atoms with Crippen molar-refractivity contribution >= 4 is 5.78 Å². The summed E-state index contributed by atoms with van der Waals surface area (Å²) in [5, 5.41) is 9.35. The van der Waals surface area contributed by atoms with Crippen molar-refractivity contribution in [2.75, 3.05) is 19.6 Å². The maximum absolute atomic E-state index is 11.4. The zero-order chi connectivity index (χ0) is 11.3. The van der Waals surface area contributed by atoms with E-state index < -0.39 is 0 Å². The summed E-state index contributed by atoms with van der Waals surface area (Å²) in [6.07, 6.45) is 3.28. The van der Waals surface area contributed by atoms with Crippen molar-refractivity contribution in [2.24, 2.45) is 5.92 Å². The Kier molecular flexibility index (Phi) is 5.26. The predicted octanol–water partition coefficient (Wildman–Crippen LogP) is 1.45. The van der Waals surface area contributed by atoms with Gasteiger partial charge >= 0.3 is 0 Å². The Labute approximate surface area is 92.5 Å². The fraction of sp³-hybridized carbons (Fsp3) is 0.917. The maximum Gasteiger partial charge on any atom is 0.135 e. The van der Waals surface area contributed by atoms with E-state index in [2.05, 4.69) is 4.90 Å². The number of hydrogen-bond donors (Lipinski definition) is 1. The van der Waals surface area contributed by atoms with Gasteiger partial charge in [-0.2, -0.15) is 0 Å². The number of carbonyl (C=O) groups is 1. The molecule has 0 bridgehead atoms. The first-order valence-electron chi connectivity index (χ1n) is 6.06. The number of piperidine rings is 1. The number of ketones is 1. The van der Waals surface area contributed by atoms with Gasteiger partial charge in [0.2, 0.25) is 0 Å². The quantitative estimate of drug-likeness (QED) is 0.751. The SMILES string of the molecule is CCC(=O)C(C)CCN1CCC(O)CC1.